The summed E-state index contributed by atoms with van der Waals surface area (Å²) in [6, 6.07) is 0. The number of hydrogen-bond donors (Lipinski definition) is 3. The van der Waals surface area contributed by atoms with E-state index < -0.39 is 24.5 Å². The van der Waals surface area contributed by atoms with Crippen LogP contribution in [0.4, 0.5) is 5.82 Å². The number of fused-ring (bicyclic) bond motifs is 1. The Bertz CT molecular complexity index is 756. The fraction of sp³-hybridized carbons (Fsp3) is 0.500. The standard InChI is InChI=1S/C14H17N5O3S/c1-2-3-4-23-5-8-10(20)11(21)14(22-8)19-7-18-9-12(15)16-6-17-13(9)19/h6-8,10-11,14,20-21H,4-5H2,1H3,(H2,15,16,17)/t8-,10?,11?,14-/m1/s1. The summed E-state index contributed by atoms with van der Waals surface area (Å²) >= 11 is 1.55. The largest absolute Gasteiger partial charge is 0.387 e. The molecule has 9 heteroatoms. The number of aliphatic hydroxyl groups is 2. The van der Waals surface area contributed by atoms with Crippen LogP contribution in [0.5, 0.6) is 0 Å². The Kier molecular flexibility index (Phi) is 4.68. The average Bonchev–Trinajstić information content (AvgIpc) is 3.09. The van der Waals surface area contributed by atoms with Gasteiger partial charge in [-0.3, -0.25) is 4.57 Å². The zero-order valence-electron chi connectivity index (χ0n) is 12.5. The van der Waals surface area contributed by atoms with Crippen LogP contribution >= 0.6 is 11.8 Å². The van der Waals surface area contributed by atoms with Gasteiger partial charge in [-0.2, -0.15) is 0 Å². The topological polar surface area (TPSA) is 119 Å². The molecule has 1 aliphatic rings. The van der Waals surface area contributed by atoms with Crippen LogP contribution < -0.4 is 5.73 Å². The van der Waals surface area contributed by atoms with Gasteiger partial charge in [0, 0.05) is 5.75 Å². The first-order chi connectivity index (χ1) is 11.1. The van der Waals surface area contributed by atoms with Crippen molar-refractivity contribution in [3.05, 3.63) is 12.7 Å². The molecule has 2 aromatic heterocycles. The summed E-state index contributed by atoms with van der Waals surface area (Å²) in [6.07, 6.45) is -0.522. The number of aromatic nitrogens is 4. The Morgan fingerprint density at radius 3 is 2.96 bits per heavy atom. The molecule has 0 aromatic carbocycles. The first-order valence-corrected chi connectivity index (χ1v) is 8.21. The quantitative estimate of drug-likeness (QED) is 0.518. The van der Waals surface area contributed by atoms with Crippen molar-refractivity contribution >= 4 is 28.7 Å². The van der Waals surface area contributed by atoms with Crippen molar-refractivity contribution in [1.82, 2.24) is 19.5 Å². The monoisotopic (exact) mass is 335 g/mol. The fourth-order valence-electron chi connectivity index (χ4n) is 2.45. The van der Waals surface area contributed by atoms with Crippen LogP contribution in [0, 0.1) is 11.8 Å². The summed E-state index contributed by atoms with van der Waals surface area (Å²) in [4.78, 5) is 12.2. The van der Waals surface area contributed by atoms with Crippen molar-refractivity contribution in [3.63, 3.8) is 0 Å². The smallest absolute Gasteiger partial charge is 0.167 e. The minimum atomic E-state index is -1.08. The van der Waals surface area contributed by atoms with E-state index in [1.807, 2.05) is 0 Å². The second-order valence-electron chi connectivity index (χ2n) is 5.07. The molecule has 4 N–H and O–H groups in total. The summed E-state index contributed by atoms with van der Waals surface area (Å²) in [5.41, 5.74) is 6.65. The summed E-state index contributed by atoms with van der Waals surface area (Å²) in [7, 11) is 0. The zero-order valence-corrected chi connectivity index (χ0v) is 13.3. The van der Waals surface area contributed by atoms with E-state index in [0.29, 0.717) is 22.7 Å². The minimum absolute atomic E-state index is 0.257. The summed E-state index contributed by atoms with van der Waals surface area (Å²) in [5.74, 6) is 7.19. The molecule has 4 atom stereocenters. The Hall–Kier alpha value is -1.86. The molecule has 0 radical (unpaired) electrons. The maximum Gasteiger partial charge on any atom is 0.167 e. The summed E-state index contributed by atoms with van der Waals surface area (Å²) in [5, 5.41) is 20.5. The molecule has 0 spiro atoms. The van der Waals surface area contributed by atoms with Crippen molar-refractivity contribution in [2.75, 3.05) is 17.2 Å². The number of thioether (sulfide) groups is 1. The van der Waals surface area contributed by atoms with E-state index in [-0.39, 0.29) is 5.82 Å². The van der Waals surface area contributed by atoms with Crippen molar-refractivity contribution < 1.29 is 14.9 Å². The lowest BCUT2D eigenvalue weighted by Gasteiger charge is -2.16. The highest BCUT2D eigenvalue weighted by Crippen LogP contribution is 2.33. The van der Waals surface area contributed by atoms with E-state index in [1.54, 1.807) is 23.3 Å². The van der Waals surface area contributed by atoms with E-state index in [4.69, 9.17) is 10.5 Å². The number of nitrogens with zero attached hydrogens (tertiary/aromatic N) is 4. The Labute approximate surface area is 137 Å². The Morgan fingerprint density at radius 1 is 1.35 bits per heavy atom. The minimum Gasteiger partial charge on any atom is -0.387 e. The summed E-state index contributed by atoms with van der Waals surface area (Å²) in [6.45, 7) is 1.78. The van der Waals surface area contributed by atoms with Gasteiger partial charge in [0.2, 0.25) is 0 Å². The number of anilines is 1. The molecule has 1 aliphatic heterocycles. The fourth-order valence-corrected chi connectivity index (χ4v) is 3.32. The number of rotatable bonds is 4. The van der Waals surface area contributed by atoms with Crippen LogP contribution in [-0.2, 0) is 4.74 Å². The van der Waals surface area contributed by atoms with E-state index >= 15 is 0 Å². The van der Waals surface area contributed by atoms with Gasteiger partial charge in [-0.15, -0.1) is 17.7 Å². The molecule has 3 rings (SSSR count). The van der Waals surface area contributed by atoms with E-state index in [9.17, 15) is 10.2 Å². The van der Waals surface area contributed by atoms with Gasteiger partial charge in [0.05, 0.1) is 18.2 Å². The highest BCUT2D eigenvalue weighted by atomic mass is 32.2. The van der Waals surface area contributed by atoms with Crippen molar-refractivity contribution in [3.8, 4) is 11.8 Å². The number of nitrogen functional groups attached to an aromatic ring is 1. The Morgan fingerprint density at radius 2 is 2.17 bits per heavy atom. The van der Waals surface area contributed by atoms with Crippen molar-refractivity contribution in [2.24, 2.45) is 0 Å². The van der Waals surface area contributed by atoms with Crippen LogP contribution in [0.25, 0.3) is 11.2 Å². The molecule has 0 bridgehead atoms. The highest BCUT2D eigenvalue weighted by Gasteiger charge is 2.44. The maximum atomic E-state index is 10.3. The molecule has 3 heterocycles. The Balaban J connectivity index is 1.79. The van der Waals surface area contributed by atoms with Gasteiger partial charge in [-0.25, -0.2) is 15.0 Å². The normalized spacial score (nSPS) is 27.1. The first kappa shape index (κ1) is 16.0. The molecule has 23 heavy (non-hydrogen) atoms. The lowest BCUT2D eigenvalue weighted by Crippen LogP contribution is -2.32. The average molecular weight is 335 g/mol. The first-order valence-electron chi connectivity index (χ1n) is 7.05. The van der Waals surface area contributed by atoms with Gasteiger partial charge >= 0.3 is 0 Å². The van der Waals surface area contributed by atoms with Gasteiger partial charge < -0.3 is 20.7 Å². The molecular formula is C14H17N5O3S. The third kappa shape index (κ3) is 2.98. The van der Waals surface area contributed by atoms with Gasteiger partial charge in [-0.05, 0) is 6.92 Å². The zero-order chi connectivity index (χ0) is 16.4. The maximum absolute atomic E-state index is 10.3. The van der Waals surface area contributed by atoms with Gasteiger partial charge in [-0.1, -0.05) is 5.92 Å². The molecule has 0 aliphatic carbocycles. The van der Waals surface area contributed by atoms with Crippen molar-refractivity contribution in [2.45, 2.75) is 31.5 Å². The molecule has 122 valence electrons. The molecule has 8 nitrogen and oxygen atoms in total. The number of aliphatic hydroxyl groups excluding tert-OH is 2. The van der Waals surface area contributed by atoms with Gasteiger partial charge in [0.25, 0.3) is 0 Å². The third-order valence-electron chi connectivity index (χ3n) is 3.63. The van der Waals surface area contributed by atoms with E-state index in [2.05, 4.69) is 26.8 Å². The summed E-state index contributed by atoms with van der Waals surface area (Å²) < 4.78 is 7.38. The molecular weight excluding hydrogens is 318 g/mol. The number of imidazole rings is 1. The van der Waals surface area contributed by atoms with Crippen LogP contribution in [0.2, 0.25) is 0 Å². The predicted octanol–water partition coefficient (Wildman–Crippen LogP) is -0.216. The molecule has 1 saturated heterocycles. The van der Waals surface area contributed by atoms with Crippen molar-refractivity contribution in [1.29, 1.82) is 0 Å². The van der Waals surface area contributed by atoms with Crippen LogP contribution in [-0.4, -0.2) is 59.5 Å². The number of hydrogen-bond acceptors (Lipinski definition) is 8. The van der Waals surface area contributed by atoms with E-state index in [0.717, 1.165) is 0 Å². The third-order valence-corrected chi connectivity index (χ3v) is 4.54. The number of ether oxygens (including phenoxy) is 1. The molecule has 2 unspecified atom stereocenters. The van der Waals surface area contributed by atoms with Crippen LogP contribution in [0.15, 0.2) is 12.7 Å². The lowest BCUT2D eigenvalue weighted by molar-refractivity contribution is -0.0288. The van der Waals surface area contributed by atoms with Crippen LogP contribution in [0.3, 0.4) is 0 Å². The van der Waals surface area contributed by atoms with E-state index in [1.165, 1.54) is 12.7 Å². The molecule has 1 fully saturated rings. The number of nitrogens with two attached hydrogens (primary N) is 1. The highest BCUT2D eigenvalue weighted by molar-refractivity contribution is 7.99. The molecule has 0 saturated carbocycles. The lowest BCUT2D eigenvalue weighted by atomic mass is 10.1. The molecule has 2 aromatic rings. The second-order valence-corrected chi connectivity index (χ2v) is 6.10. The SMILES string of the molecule is CC#CCSC[C@H]1O[C@@H](n2cnc3c(N)ncnc32)C(O)C1O. The molecule has 0 amide bonds. The van der Waals surface area contributed by atoms with Gasteiger partial charge in [0.1, 0.15) is 24.1 Å². The van der Waals surface area contributed by atoms with Gasteiger partial charge in [0.15, 0.2) is 17.7 Å². The second kappa shape index (κ2) is 6.72. The van der Waals surface area contributed by atoms with Crippen LogP contribution in [0.1, 0.15) is 13.2 Å². The predicted molar refractivity (Wildman–Crippen MR) is 86.4 cm³/mol.